The van der Waals surface area contributed by atoms with Crippen molar-refractivity contribution in [2.24, 2.45) is 0 Å². The SMILES string of the molecule is CC1OC(C)(O)N2CC(O)C(O)C12. The molecule has 0 radical (unpaired) electrons. The van der Waals surface area contributed by atoms with Crippen molar-refractivity contribution in [3.05, 3.63) is 0 Å². The molecule has 0 spiro atoms. The monoisotopic (exact) mass is 189 g/mol. The van der Waals surface area contributed by atoms with E-state index in [1.807, 2.05) is 0 Å². The molecule has 0 aliphatic carbocycles. The van der Waals surface area contributed by atoms with Gasteiger partial charge in [-0.3, -0.25) is 0 Å². The van der Waals surface area contributed by atoms with Gasteiger partial charge < -0.3 is 20.1 Å². The molecule has 2 aliphatic rings. The molecule has 0 saturated carbocycles. The smallest absolute Gasteiger partial charge is 0.225 e. The van der Waals surface area contributed by atoms with Crippen molar-refractivity contribution in [2.75, 3.05) is 6.54 Å². The van der Waals surface area contributed by atoms with Gasteiger partial charge in [0, 0.05) is 13.5 Å². The van der Waals surface area contributed by atoms with E-state index >= 15 is 0 Å². The summed E-state index contributed by atoms with van der Waals surface area (Å²) in [5.74, 6) is -1.36. The van der Waals surface area contributed by atoms with Gasteiger partial charge in [-0.25, -0.2) is 4.90 Å². The second kappa shape index (κ2) is 2.65. The Bertz CT molecular complexity index is 220. The fraction of sp³-hybridized carbons (Fsp3) is 1.00. The van der Waals surface area contributed by atoms with Crippen molar-refractivity contribution in [3.8, 4) is 0 Å². The number of ether oxygens (including phenoxy) is 1. The van der Waals surface area contributed by atoms with E-state index in [-0.39, 0.29) is 18.7 Å². The van der Waals surface area contributed by atoms with Crippen LogP contribution >= 0.6 is 0 Å². The standard InChI is InChI=1S/C8H15NO4/c1-4-6-7(11)5(10)3-9(6)8(2,12)13-4/h4-7,10-12H,3H2,1-2H3. The summed E-state index contributed by atoms with van der Waals surface area (Å²) in [5, 5.41) is 28.7. The summed E-state index contributed by atoms with van der Waals surface area (Å²) in [6.07, 6.45) is -1.88. The van der Waals surface area contributed by atoms with Crippen LogP contribution in [0.1, 0.15) is 13.8 Å². The van der Waals surface area contributed by atoms with Crippen LogP contribution < -0.4 is 0 Å². The Kier molecular flexibility index (Phi) is 1.91. The van der Waals surface area contributed by atoms with Gasteiger partial charge in [0.15, 0.2) is 0 Å². The Morgan fingerprint density at radius 2 is 2.08 bits per heavy atom. The maximum atomic E-state index is 9.75. The first-order valence-corrected chi connectivity index (χ1v) is 4.46. The topological polar surface area (TPSA) is 73.2 Å². The fourth-order valence-corrected chi connectivity index (χ4v) is 2.31. The average molecular weight is 189 g/mol. The van der Waals surface area contributed by atoms with Crippen LogP contribution in [0.15, 0.2) is 0 Å². The van der Waals surface area contributed by atoms with E-state index in [1.54, 1.807) is 11.8 Å². The Balaban J connectivity index is 2.25. The van der Waals surface area contributed by atoms with Gasteiger partial charge in [-0.2, -0.15) is 0 Å². The van der Waals surface area contributed by atoms with Crippen LogP contribution in [-0.2, 0) is 4.74 Å². The van der Waals surface area contributed by atoms with Crippen molar-refractivity contribution in [1.82, 2.24) is 4.90 Å². The molecule has 0 aromatic carbocycles. The van der Waals surface area contributed by atoms with Gasteiger partial charge in [0.25, 0.3) is 0 Å². The summed E-state index contributed by atoms with van der Waals surface area (Å²) < 4.78 is 5.24. The number of hydrogen-bond donors (Lipinski definition) is 3. The highest BCUT2D eigenvalue weighted by atomic mass is 16.7. The Morgan fingerprint density at radius 1 is 1.46 bits per heavy atom. The van der Waals surface area contributed by atoms with E-state index in [2.05, 4.69) is 0 Å². The molecule has 13 heavy (non-hydrogen) atoms. The van der Waals surface area contributed by atoms with Crippen molar-refractivity contribution in [2.45, 2.75) is 44.1 Å². The van der Waals surface area contributed by atoms with Crippen molar-refractivity contribution in [1.29, 1.82) is 0 Å². The minimum Gasteiger partial charge on any atom is -0.389 e. The molecule has 0 bridgehead atoms. The molecule has 76 valence electrons. The normalized spacial score (nSPS) is 57.0. The molecular formula is C8H15NO4. The van der Waals surface area contributed by atoms with Gasteiger partial charge in [0.2, 0.25) is 5.91 Å². The van der Waals surface area contributed by atoms with Gasteiger partial charge in [0.05, 0.1) is 24.4 Å². The van der Waals surface area contributed by atoms with Crippen LogP contribution in [0.5, 0.6) is 0 Å². The third-order valence-electron chi connectivity index (χ3n) is 2.91. The Morgan fingerprint density at radius 3 is 2.62 bits per heavy atom. The van der Waals surface area contributed by atoms with Crippen LogP contribution in [0.4, 0.5) is 0 Å². The van der Waals surface area contributed by atoms with Crippen molar-refractivity contribution in [3.63, 3.8) is 0 Å². The largest absolute Gasteiger partial charge is 0.389 e. The van der Waals surface area contributed by atoms with Gasteiger partial charge in [-0.05, 0) is 6.92 Å². The predicted molar refractivity (Wildman–Crippen MR) is 43.7 cm³/mol. The van der Waals surface area contributed by atoms with Gasteiger partial charge >= 0.3 is 0 Å². The van der Waals surface area contributed by atoms with Crippen LogP contribution in [0.3, 0.4) is 0 Å². The molecule has 2 saturated heterocycles. The molecule has 5 nitrogen and oxygen atoms in total. The second-order valence-corrected chi connectivity index (χ2v) is 3.96. The molecule has 2 heterocycles. The maximum Gasteiger partial charge on any atom is 0.225 e. The minimum absolute atomic E-state index is 0.253. The zero-order valence-electron chi connectivity index (χ0n) is 7.71. The highest BCUT2D eigenvalue weighted by molar-refractivity contribution is 5.02. The first-order chi connectivity index (χ1) is 5.93. The van der Waals surface area contributed by atoms with Crippen LogP contribution in [0, 0.1) is 0 Å². The summed E-state index contributed by atoms with van der Waals surface area (Å²) >= 11 is 0. The van der Waals surface area contributed by atoms with Crippen molar-refractivity contribution >= 4 is 0 Å². The predicted octanol–water partition coefficient (Wildman–Crippen LogP) is -1.52. The fourth-order valence-electron chi connectivity index (χ4n) is 2.31. The van der Waals surface area contributed by atoms with E-state index in [1.165, 1.54) is 6.92 Å². The van der Waals surface area contributed by atoms with E-state index < -0.39 is 18.1 Å². The van der Waals surface area contributed by atoms with Gasteiger partial charge in [-0.1, -0.05) is 0 Å². The van der Waals surface area contributed by atoms with E-state index in [0.717, 1.165) is 0 Å². The van der Waals surface area contributed by atoms with E-state index in [9.17, 15) is 15.3 Å². The van der Waals surface area contributed by atoms with E-state index in [4.69, 9.17) is 4.74 Å². The lowest BCUT2D eigenvalue weighted by atomic mass is 10.1. The number of fused-ring (bicyclic) bond motifs is 1. The average Bonchev–Trinajstić information content (AvgIpc) is 2.38. The quantitative estimate of drug-likeness (QED) is 0.431. The summed E-state index contributed by atoms with van der Waals surface area (Å²) in [4.78, 5) is 1.59. The number of aliphatic hydroxyl groups excluding tert-OH is 2. The lowest BCUT2D eigenvalue weighted by Crippen LogP contribution is -2.44. The number of hydrogen-bond acceptors (Lipinski definition) is 5. The highest BCUT2D eigenvalue weighted by Gasteiger charge is 2.56. The summed E-state index contributed by atoms with van der Waals surface area (Å²) in [6.45, 7) is 3.55. The Labute approximate surface area is 76.5 Å². The number of rotatable bonds is 0. The minimum atomic E-state index is -1.36. The molecular weight excluding hydrogens is 174 g/mol. The molecule has 0 amide bonds. The van der Waals surface area contributed by atoms with Crippen molar-refractivity contribution < 1.29 is 20.1 Å². The second-order valence-electron chi connectivity index (χ2n) is 3.96. The van der Waals surface area contributed by atoms with Gasteiger partial charge in [-0.15, -0.1) is 0 Å². The molecule has 2 aliphatic heterocycles. The molecule has 0 aromatic heterocycles. The molecule has 2 fully saturated rings. The molecule has 5 atom stereocenters. The molecule has 0 aromatic rings. The molecule has 3 N–H and O–H groups in total. The lowest BCUT2D eigenvalue weighted by Gasteiger charge is -2.26. The third-order valence-corrected chi connectivity index (χ3v) is 2.91. The number of aliphatic hydroxyl groups is 3. The first-order valence-electron chi connectivity index (χ1n) is 4.46. The van der Waals surface area contributed by atoms with Crippen LogP contribution in [0.2, 0.25) is 0 Å². The van der Waals surface area contributed by atoms with Gasteiger partial charge in [0.1, 0.15) is 0 Å². The lowest BCUT2D eigenvalue weighted by molar-refractivity contribution is -0.242. The number of nitrogens with zero attached hydrogens (tertiary/aromatic N) is 1. The Hall–Kier alpha value is -0.200. The third kappa shape index (κ3) is 1.19. The van der Waals surface area contributed by atoms with Crippen LogP contribution in [0.25, 0.3) is 0 Å². The maximum absolute atomic E-state index is 9.75. The molecule has 5 unspecified atom stereocenters. The first kappa shape index (κ1) is 9.36. The zero-order valence-corrected chi connectivity index (χ0v) is 7.71. The summed E-state index contributed by atoms with van der Waals surface area (Å²) in [6, 6.07) is -0.301. The highest BCUT2D eigenvalue weighted by Crippen LogP contribution is 2.37. The van der Waals surface area contributed by atoms with Crippen LogP contribution in [-0.4, -0.2) is 57.0 Å². The molecule has 5 heteroatoms. The summed E-state index contributed by atoms with van der Waals surface area (Å²) in [7, 11) is 0. The molecule has 2 rings (SSSR count). The van der Waals surface area contributed by atoms with E-state index in [0.29, 0.717) is 0 Å². The summed E-state index contributed by atoms with van der Waals surface area (Å²) in [5.41, 5.74) is 0. The zero-order chi connectivity index (χ0) is 9.80.